The lowest BCUT2D eigenvalue weighted by atomic mass is 10.2. The molecule has 0 spiro atoms. The molecule has 0 aliphatic carbocycles. The van der Waals surface area contributed by atoms with Crippen LogP contribution in [0, 0.1) is 17.9 Å². The Morgan fingerprint density at radius 2 is 1.95 bits per heavy atom. The largest absolute Gasteiger partial charge is 0.399 e. The second-order valence-corrected chi connectivity index (χ2v) is 4.07. The summed E-state index contributed by atoms with van der Waals surface area (Å²) in [6, 6.07) is 8.79. The minimum atomic E-state index is 0.625. The van der Waals surface area contributed by atoms with Gasteiger partial charge in [0, 0.05) is 18.8 Å². The quantitative estimate of drug-likeness (QED) is 0.643. The maximum atomic E-state index is 8.34. The highest BCUT2D eigenvalue weighted by atomic mass is 16.5. The second kappa shape index (κ2) is 8.93. The van der Waals surface area contributed by atoms with Gasteiger partial charge in [-0.3, -0.25) is 4.90 Å². The number of hydrogen-bond acceptors (Lipinski definition) is 4. The van der Waals surface area contributed by atoms with Crippen molar-refractivity contribution in [3.8, 4) is 6.07 Å². The van der Waals surface area contributed by atoms with Gasteiger partial charge in [-0.2, -0.15) is 5.26 Å². The van der Waals surface area contributed by atoms with E-state index in [9.17, 15) is 0 Å². The summed E-state index contributed by atoms with van der Waals surface area (Å²) in [6.45, 7) is 11.8. The van der Waals surface area contributed by atoms with E-state index < -0.39 is 0 Å². The van der Waals surface area contributed by atoms with Crippen LogP contribution in [0.25, 0.3) is 4.85 Å². The third kappa shape index (κ3) is 6.42. The Labute approximate surface area is 114 Å². The van der Waals surface area contributed by atoms with Crippen molar-refractivity contribution in [2.45, 2.75) is 0 Å². The molecule has 5 heteroatoms. The van der Waals surface area contributed by atoms with Crippen LogP contribution in [0.4, 0.5) is 5.69 Å². The van der Waals surface area contributed by atoms with Gasteiger partial charge in [-0.25, -0.2) is 6.57 Å². The van der Waals surface area contributed by atoms with Gasteiger partial charge in [-0.1, -0.05) is 0 Å². The van der Waals surface area contributed by atoms with E-state index in [2.05, 4.69) is 9.74 Å². The first-order valence-corrected chi connectivity index (χ1v) is 6.15. The van der Waals surface area contributed by atoms with E-state index in [0.29, 0.717) is 17.8 Å². The van der Waals surface area contributed by atoms with Gasteiger partial charge in [0.2, 0.25) is 6.54 Å². The summed E-state index contributed by atoms with van der Waals surface area (Å²) in [6.07, 6.45) is 0. The van der Waals surface area contributed by atoms with E-state index in [4.69, 9.17) is 22.3 Å². The van der Waals surface area contributed by atoms with Crippen molar-refractivity contribution in [1.29, 1.82) is 5.26 Å². The number of nitrogens with two attached hydrogens (primary N) is 1. The molecule has 0 radical (unpaired) electrons. The van der Waals surface area contributed by atoms with Crippen molar-refractivity contribution < 1.29 is 4.74 Å². The molecule has 1 aromatic carbocycles. The molecule has 1 heterocycles. The Balaban J connectivity index is 0.000000191. The monoisotopic (exact) mass is 258 g/mol. The van der Waals surface area contributed by atoms with Gasteiger partial charge in [0.25, 0.3) is 0 Å². The summed E-state index contributed by atoms with van der Waals surface area (Å²) in [4.78, 5) is 5.56. The molecule has 0 atom stereocenters. The number of nitrogen functional groups attached to an aromatic ring is 1. The maximum Gasteiger partial charge on any atom is 0.227 e. The molecule has 0 amide bonds. The number of nitrogens with zero attached hydrogens (tertiary/aromatic N) is 3. The third-order valence-corrected chi connectivity index (χ3v) is 2.67. The van der Waals surface area contributed by atoms with Crippen molar-refractivity contribution in [1.82, 2.24) is 4.90 Å². The first-order valence-electron chi connectivity index (χ1n) is 6.15. The summed E-state index contributed by atoms with van der Waals surface area (Å²) >= 11 is 0. The van der Waals surface area contributed by atoms with Crippen molar-refractivity contribution in [3.63, 3.8) is 0 Å². The average Bonchev–Trinajstić information content (AvgIpc) is 2.48. The fourth-order valence-corrected chi connectivity index (χ4v) is 1.57. The molecule has 5 nitrogen and oxygen atoms in total. The number of nitriles is 1. The molecule has 1 aliphatic heterocycles. The maximum absolute atomic E-state index is 8.34. The zero-order valence-corrected chi connectivity index (χ0v) is 10.9. The van der Waals surface area contributed by atoms with Crippen LogP contribution in [0.15, 0.2) is 24.3 Å². The number of hydrogen-bond donors (Lipinski definition) is 1. The third-order valence-electron chi connectivity index (χ3n) is 2.67. The molecule has 2 rings (SSSR count). The van der Waals surface area contributed by atoms with Gasteiger partial charge < -0.3 is 15.3 Å². The fraction of sp³-hybridized carbons (Fsp3) is 0.429. The van der Waals surface area contributed by atoms with E-state index >= 15 is 0 Å². The fourth-order valence-electron chi connectivity index (χ4n) is 1.57. The predicted octanol–water partition coefficient (Wildman–Crippen LogP) is 1.38. The van der Waals surface area contributed by atoms with Crippen LogP contribution in [-0.2, 0) is 4.74 Å². The minimum Gasteiger partial charge on any atom is -0.399 e. The van der Waals surface area contributed by atoms with Crippen molar-refractivity contribution in [3.05, 3.63) is 41.2 Å². The lowest BCUT2D eigenvalue weighted by Crippen LogP contribution is -2.37. The van der Waals surface area contributed by atoms with Crippen LogP contribution in [0.1, 0.15) is 5.56 Å². The van der Waals surface area contributed by atoms with Gasteiger partial charge in [-0.05, 0) is 24.3 Å². The summed E-state index contributed by atoms with van der Waals surface area (Å²) in [5.74, 6) is 0. The molecule has 100 valence electrons. The highest BCUT2D eigenvalue weighted by molar-refractivity contribution is 5.42. The summed E-state index contributed by atoms with van der Waals surface area (Å²) in [5, 5.41) is 8.34. The van der Waals surface area contributed by atoms with Gasteiger partial charge in [0.15, 0.2) is 0 Å². The Kier molecular flexibility index (Phi) is 7.04. The predicted molar refractivity (Wildman–Crippen MR) is 74.3 cm³/mol. The van der Waals surface area contributed by atoms with Gasteiger partial charge in [0.1, 0.15) is 0 Å². The lowest BCUT2D eigenvalue weighted by Gasteiger charge is -2.24. The molecule has 0 bridgehead atoms. The standard InChI is InChI=1S/C7H12N2O.C7H6N2/c1-8-2-3-9-4-6-10-7-5-9;8-5-6-1-3-7(9)4-2-6/h2-7H2;1-4H,9H2. The molecular weight excluding hydrogens is 240 g/mol. The number of ether oxygens (including phenoxy) is 1. The topological polar surface area (TPSA) is 66.6 Å². The molecule has 1 aliphatic rings. The summed E-state index contributed by atoms with van der Waals surface area (Å²) < 4.78 is 5.16. The molecule has 1 saturated heterocycles. The van der Waals surface area contributed by atoms with E-state index in [1.807, 2.05) is 6.07 Å². The average molecular weight is 258 g/mol. The Morgan fingerprint density at radius 1 is 1.32 bits per heavy atom. The van der Waals surface area contributed by atoms with E-state index in [1.54, 1.807) is 24.3 Å². The molecular formula is C14H18N4O. The molecule has 1 fully saturated rings. The van der Waals surface area contributed by atoms with Crippen molar-refractivity contribution in [2.24, 2.45) is 0 Å². The van der Waals surface area contributed by atoms with Crippen molar-refractivity contribution in [2.75, 3.05) is 45.1 Å². The SMILES string of the molecule is N#Cc1ccc(N)cc1.[C-]#[N+]CCN1CCOCC1. The summed E-state index contributed by atoms with van der Waals surface area (Å²) in [5.41, 5.74) is 6.70. The Bertz CT molecular complexity index is 438. The zero-order valence-electron chi connectivity index (χ0n) is 10.9. The highest BCUT2D eigenvalue weighted by Crippen LogP contribution is 2.02. The number of anilines is 1. The van der Waals surface area contributed by atoms with E-state index in [1.165, 1.54) is 0 Å². The van der Waals surface area contributed by atoms with Crippen LogP contribution in [0.3, 0.4) is 0 Å². The molecule has 2 N–H and O–H groups in total. The van der Waals surface area contributed by atoms with Crippen LogP contribution >= 0.6 is 0 Å². The molecule has 0 aromatic heterocycles. The molecule has 1 aromatic rings. The molecule has 0 saturated carbocycles. The highest BCUT2D eigenvalue weighted by Gasteiger charge is 2.09. The number of rotatable bonds is 2. The van der Waals surface area contributed by atoms with Crippen LogP contribution < -0.4 is 5.73 Å². The van der Waals surface area contributed by atoms with Crippen molar-refractivity contribution >= 4 is 5.69 Å². The Hall–Kier alpha value is -2.08. The smallest absolute Gasteiger partial charge is 0.227 e. The van der Waals surface area contributed by atoms with Crippen LogP contribution in [0.2, 0.25) is 0 Å². The Morgan fingerprint density at radius 3 is 2.47 bits per heavy atom. The first kappa shape index (κ1) is 15.0. The second-order valence-electron chi connectivity index (χ2n) is 4.07. The van der Waals surface area contributed by atoms with E-state index in [-0.39, 0.29) is 0 Å². The lowest BCUT2D eigenvalue weighted by molar-refractivity contribution is 0.0402. The van der Waals surface area contributed by atoms with Crippen LogP contribution in [0.5, 0.6) is 0 Å². The molecule has 19 heavy (non-hydrogen) atoms. The molecule has 0 unspecified atom stereocenters. The van der Waals surface area contributed by atoms with Gasteiger partial charge >= 0.3 is 0 Å². The van der Waals surface area contributed by atoms with Crippen LogP contribution in [-0.4, -0.2) is 44.3 Å². The number of morpholine rings is 1. The minimum absolute atomic E-state index is 0.625. The summed E-state index contributed by atoms with van der Waals surface area (Å²) in [7, 11) is 0. The normalized spacial score (nSPS) is 14.6. The van der Waals surface area contributed by atoms with Gasteiger partial charge in [0.05, 0.1) is 31.4 Å². The number of benzene rings is 1. The zero-order chi connectivity index (χ0) is 13.9. The van der Waals surface area contributed by atoms with Gasteiger partial charge in [-0.15, -0.1) is 0 Å². The first-order chi connectivity index (χ1) is 9.26. The van der Waals surface area contributed by atoms with E-state index in [0.717, 1.165) is 32.8 Å².